The van der Waals surface area contributed by atoms with Crippen LogP contribution in [0.3, 0.4) is 0 Å². The summed E-state index contributed by atoms with van der Waals surface area (Å²) in [4.78, 5) is 29.9. The quantitative estimate of drug-likeness (QED) is 0.205. The highest BCUT2D eigenvalue weighted by Gasteiger charge is 2.45. The second kappa shape index (κ2) is 12.6. The van der Waals surface area contributed by atoms with Crippen LogP contribution in [0, 0.1) is 6.92 Å². The van der Waals surface area contributed by atoms with Crippen molar-refractivity contribution in [3.8, 4) is 11.5 Å². The summed E-state index contributed by atoms with van der Waals surface area (Å²) in [5.41, 5.74) is 3.48. The Morgan fingerprint density at radius 3 is 2.26 bits per heavy atom. The molecule has 1 aliphatic heterocycles. The second-order valence-corrected chi connectivity index (χ2v) is 10.0. The van der Waals surface area contributed by atoms with Gasteiger partial charge in [0.05, 0.1) is 18.2 Å². The van der Waals surface area contributed by atoms with E-state index in [2.05, 4.69) is 6.07 Å². The van der Waals surface area contributed by atoms with Gasteiger partial charge in [-0.3, -0.25) is 9.59 Å². The third kappa shape index (κ3) is 6.67. The minimum absolute atomic E-state index is 0.0782. The van der Waals surface area contributed by atoms with Crippen LogP contribution in [0.1, 0.15) is 41.6 Å². The molecular weight excluding hydrogens is 492 g/mol. The molecule has 1 aliphatic rings. The van der Waals surface area contributed by atoms with E-state index < -0.39 is 17.7 Å². The van der Waals surface area contributed by atoms with Gasteiger partial charge in [-0.1, -0.05) is 48.9 Å². The van der Waals surface area contributed by atoms with Gasteiger partial charge in [0.25, 0.3) is 11.7 Å². The van der Waals surface area contributed by atoms with Crippen LogP contribution in [-0.2, 0) is 16.2 Å². The van der Waals surface area contributed by atoms with E-state index in [1.54, 1.807) is 24.3 Å². The molecule has 1 fully saturated rings. The molecule has 0 unspecified atom stereocenters. The smallest absolute Gasteiger partial charge is 0.295 e. The Hall–Kier alpha value is -4.10. The van der Waals surface area contributed by atoms with E-state index in [9.17, 15) is 14.7 Å². The first-order valence-electron chi connectivity index (χ1n) is 13.2. The predicted octanol–water partition coefficient (Wildman–Crippen LogP) is 5.35. The summed E-state index contributed by atoms with van der Waals surface area (Å²) in [5.74, 6) is -0.164. The first-order valence-corrected chi connectivity index (χ1v) is 13.2. The van der Waals surface area contributed by atoms with Crippen LogP contribution in [0.2, 0.25) is 0 Å². The molecule has 0 aliphatic carbocycles. The van der Waals surface area contributed by atoms with Crippen LogP contribution < -0.4 is 9.47 Å². The number of hydrogen-bond donors (Lipinski definition) is 1. The lowest BCUT2D eigenvalue weighted by atomic mass is 9.95. The van der Waals surface area contributed by atoms with Crippen LogP contribution in [-0.4, -0.2) is 60.4 Å². The molecule has 4 rings (SSSR count). The van der Waals surface area contributed by atoms with E-state index in [-0.39, 0.29) is 11.3 Å². The van der Waals surface area contributed by atoms with E-state index in [1.807, 2.05) is 75.3 Å². The van der Waals surface area contributed by atoms with Crippen molar-refractivity contribution in [2.24, 2.45) is 0 Å². The molecule has 204 valence electrons. The van der Waals surface area contributed by atoms with E-state index in [0.717, 1.165) is 23.1 Å². The zero-order chi connectivity index (χ0) is 27.9. The highest BCUT2D eigenvalue weighted by molar-refractivity contribution is 6.46. The van der Waals surface area contributed by atoms with Gasteiger partial charge < -0.3 is 24.4 Å². The molecular formula is C32H36N2O5. The largest absolute Gasteiger partial charge is 0.507 e. The lowest BCUT2D eigenvalue weighted by Crippen LogP contribution is -2.35. The Bertz CT molecular complexity index is 1330. The standard InChI is InChI=1S/C32H36N2O5/c1-5-19-38-26-13-9-24(10-14-26)29-28(31(36)32(37)34(29)18-17-33(3)4)30(35)25-11-15-27(16-12-25)39-21-23-8-6-7-22(2)20-23/h6-16,20,29,35H,5,17-19,21H2,1-4H3/t29-/m0/s1. The molecule has 1 heterocycles. The van der Waals surface area contributed by atoms with Crippen molar-refractivity contribution in [2.45, 2.75) is 32.9 Å². The van der Waals surface area contributed by atoms with Crippen molar-refractivity contribution in [1.82, 2.24) is 9.80 Å². The third-order valence-electron chi connectivity index (χ3n) is 6.61. The molecule has 3 aromatic rings. The number of likely N-dealkylation sites (tertiary alicyclic amines) is 1. The van der Waals surface area contributed by atoms with Gasteiger partial charge in [-0.15, -0.1) is 0 Å². The zero-order valence-electron chi connectivity index (χ0n) is 23.0. The number of aliphatic hydroxyl groups excluding tert-OH is 1. The van der Waals surface area contributed by atoms with Crippen molar-refractivity contribution in [3.63, 3.8) is 0 Å². The molecule has 0 radical (unpaired) electrons. The number of likely N-dealkylation sites (N-methyl/N-ethyl adjacent to an activating group) is 1. The number of hydrogen-bond acceptors (Lipinski definition) is 6. The maximum atomic E-state index is 13.2. The molecule has 3 aromatic carbocycles. The van der Waals surface area contributed by atoms with Crippen molar-refractivity contribution >= 4 is 17.4 Å². The molecule has 1 saturated heterocycles. The van der Waals surface area contributed by atoms with E-state index >= 15 is 0 Å². The van der Waals surface area contributed by atoms with Crippen molar-refractivity contribution in [2.75, 3.05) is 33.8 Å². The number of ether oxygens (including phenoxy) is 2. The maximum absolute atomic E-state index is 13.2. The van der Waals surface area contributed by atoms with Gasteiger partial charge in [0.2, 0.25) is 0 Å². The van der Waals surface area contributed by atoms with E-state index in [4.69, 9.17) is 9.47 Å². The number of nitrogens with zero attached hydrogens (tertiary/aromatic N) is 2. The average Bonchev–Trinajstić information content (AvgIpc) is 3.19. The van der Waals surface area contributed by atoms with Gasteiger partial charge in [-0.2, -0.15) is 0 Å². The molecule has 0 bridgehead atoms. The predicted molar refractivity (Wildman–Crippen MR) is 152 cm³/mol. The topological polar surface area (TPSA) is 79.3 Å². The number of ketones is 1. The number of rotatable bonds is 11. The molecule has 1 amide bonds. The van der Waals surface area contributed by atoms with Crippen molar-refractivity contribution in [3.05, 3.63) is 101 Å². The molecule has 0 aromatic heterocycles. The van der Waals surface area contributed by atoms with Crippen molar-refractivity contribution < 1.29 is 24.2 Å². The van der Waals surface area contributed by atoms with Crippen LogP contribution in [0.4, 0.5) is 0 Å². The lowest BCUT2D eigenvalue weighted by molar-refractivity contribution is -0.140. The highest BCUT2D eigenvalue weighted by Crippen LogP contribution is 2.40. The lowest BCUT2D eigenvalue weighted by Gasteiger charge is -2.26. The number of carbonyl (C=O) groups is 2. The van der Waals surface area contributed by atoms with Gasteiger partial charge in [-0.25, -0.2) is 0 Å². The zero-order valence-corrected chi connectivity index (χ0v) is 23.0. The summed E-state index contributed by atoms with van der Waals surface area (Å²) in [7, 11) is 3.82. The fraction of sp³-hybridized carbons (Fsp3) is 0.312. The van der Waals surface area contributed by atoms with Gasteiger partial charge in [0.1, 0.15) is 23.9 Å². The fourth-order valence-electron chi connectivity index (χ4n) is 4.56. The number of benzene rings is 3. The summed E-state index contributed by atoms with van der Waals surface area (Å²) in [5, 5.41) is 11.3. The van der Waals surface area contributed by atoms with E-state index in [0.29, 0.717) is 43.4 Å². The summed E-state index contributed by atoms with van der Waals surface area (Å²) < 4.78 is 11.6. The molecule has 39 heavy (non-hydrogen) atoms. The summed E-state index contributed by atoms with van der Waals surface area (Å²) >= 11 is 0. The number of carbonyl (C=O) groups excluding carboxylic acids is 2. The highest BCUT2D eigenvalue weighted by atomic mass is 16.5. The minimum Gasteiger partial charge on any atom is -0.507 e. The monoisotopic (exact) mass is 528 g/mol. The van der Waals surface area contributed by atoms with Gasteiger partial charge in [0, 0.05) is 18.7 Å². The Labute approximate surface area is 230 Å². The fourth-order valence-corrected chi connectivity index (χ4v) is 4.56. The van der Waals surface area contributed by atoms with Gasteiger partial charge >= 0.3 is 0 Å². The Kier molecular flexibility index (Phi) is 9.04. The number of aliphatic hydroxyl groups is 1. The van der Waals surface area contributed by atoms with Crippen LogP contribution in [0.15, 0.2) is 78.4 Å². The SMILES string of the molecule is CCCOc1ccc([C@H]2C(=C(O)c3ccc(OCc4cccc(C)c4)cc3)C(=O)C(=O)N2CCN(C)C)cc1. The Morgan fingerprint density at radius 2 is 1.62 bits per heavy atom. The van der Waals surface area contributed by atoms with Crippen molar-refractivity contribution in [1.29, 1.82) is 0 Å². The van der Waals surface area contributed by atoms with Crippen LogP contribution >= 0.6 is 0 Å². The Balaban J connectivity index is 1.63. The molecule has 7 heteroatoms. The number of aryl methyl sites for hydroxylation is 1. The van der Waals surface area contributed by atoms with Crippen LogP contribution in [0.5, 0.6) is 11.5 Å². The molecule has 0 spiro atoms. The van der Waals surface area contributed by atoms with E-state index in [1.165, 1.54) is 4.90 Å². The average molecular weight is 529 g/mol. The third-order valence-corrected chi connectivity index (χ3v) is 6.61. The van der Waals surface area contributed by atoms with Gasteiger partial charge in [0.15, 0.2) is 0 Å². The number of Topliss-reactive ketones (excluding diaryl/α,β-unsaturated/α-hetero) is 1. The first kappa shape index (κ1) is 27.9. The number of amides is 1. The molecule has 1 N–H and O–H groups in total. The normalized spacial score (nSPS) is 16.6. The van der Waals surface area contributed by atoms with Crippen LogP contribution in [0.25, 0.3) is 5.76 Å². The minimum atomic E-state index is -0.706. The molecule has 1 atom stereocenters. The first-order chi connectivity index (χ1) is 18.8. The molecule has 0 saturated carbocycles. The Morgan fingerprint density at radius 1 is 0.949 bits per heavy atom. The molecule has 7 nitrogen and oxygen atoms in total. The maximum Gasteiger partial charge on any atom is 0.295 e. The van der Waals surface area contributed by atoms with Gasteiger partial charge in [-0.05, 0) is 75.0 Å². The summed E-state index contributed by atoms with van der Waals surface area (Å²) in [6, 6.07) is 21.7. The summed E-state index contributed by atoms with van der Waals surface area (Å²) in [6.45, 7) is 6.02. The second-order valence-electron chi connectivity index (χ2n) is 10.0. The summed E-state index contributed by atoms with van der Waals surface area (Å²) in [6.07, 6.45) is 0.891.